The van der Waals surface area contributed by atoms with Crippen LogP contribution in [0.3, 0.4) is 0 Å². The minimum absolute atomic E-state index is 0.696. The molecule has 4 heteroatoms. The van der Waals surface area contributed by atoms with E-state index in [2.05, 4.69) is 15.0 Å². The van der Waals surface area contributed by atoms with Crippen molar-refractivity contribution < 1.29 is 0 Å². The highest BCUT2D eigenvalue weighted by atomic mass is 14.9. The van der Waals surface area contributed by atoms with Crippen molar-refractivity contribution in [3.05, 3.63) is 47.8 Å². The fourth-order valence-corrected chi connectivity index (χ4v) is 1.98. The molecular weight excluding hydrogens is 236 g/mol. The van der Waals surface area contributed by atoms with Crippen LogP contribution in [0, 0.1) is 13.8 Å². The highest BCUT2D eigenvalue weighted by Gasteiger charge is 2.05. The van der Waals surface area contributed by atoms with E-state index in [9.17, 15) is 0 Å². The van der Waals surface area contributed by atoms with Crippen LogP contribution in [0.5, 0.6) is 0 Å². The van der Waals surface area contributed by atoms with Crippen molar-refractivity contribution in [3.8, 4) is 11.4 Å². The predicted molar refractivity (Wildman–Crippen MR) is 76.7 cm³/mol. The van der Waals surface area contributed by atoms with Crippen molar-refractivity contribution in [3.63, 3.8) is 0 Å². The molecule has 3 rings (SSSR count). The Morgan fingerprint density at radius 1 is 0.947 bits per heavy atom. The summed E-state index contributed by atoms with van der Waals surface area (Å²) >= 11 is 0. The lowest BCUT2D eigenvalue weighted by Gasteiger charge is -2.05. The normalized spacial score (nSPS) is 10.8. The van der Waals surface area contributed by atoms with Crippen molar-refractivity contribution in [2.24, 2.45) is 0 Å². The first kappa shape index (κ1) is 11.6. The number of benzene rings is 1. The molecule has 0 saturated heterocycles. The molecule has 2 heterocycles. The van der Waals surface area contributed by atoms with Gasteiger partial charge in [-0.2, -0.15) is 0 Å². The third-order valence-corrected chi connectivity index (χ3v) is 3.11. The number of rotatable bonds is 1. The number of nitrogens with zero attached hydrogens (tertiary/aromatic N) is 3. The van der Waals surface area contributed by atoms with Crippen molar-refractivity contribution in [2.75, 3.05) is 5.73 Å². The fraction of sp³-hybridized carbons (Fsp3) is 0.133. The Hall–Kier alpha value is -2.49. The molecule has 0 aliphatic carbocycles. The van der Waals surface area contributed by atoms with Gasteiger partial charge in [0.05, 0.1) is 11.7 Å². The zero-order chi connectivity index (χ0) is 13.4. The summed E-state index contributed by atoms with van der Waals surface area (Å²) in [6, 6.07) is 9.73. The molecule has 0 radical (unpaired) electrons. The largest absolute Gasteiger partial charge is 0.399 e. The Balaban J connectivity index is 2.14. The minimum Gasteiger partial charge on any atom is -0.399 e. The monoisotopic (exact) mass is 250 g/mol. The van der Waals surface area contributed by atoms with E-state index in [1.807, 2.05) is 44.2 Å². The lowest BCUT2D eigenvalue weighted by molar-refractivity contribution is 1.17. The van der Waals surface area contributed by atoms with E-state index in [-0.39, 0.29) is 0 Å². The van der Waals surface area contributed by atoms with Gasteiger partial charge in [0.1, 0.15) is 5.52 Å². The second kappa shape index (κ2) is 4.31. The Labute approximate surface area is 111 Å². The van der Waals surface area contributed by atoms with Crippen molar-refractivity contribution in [1.82, 2.24) is 15.0 Å². The summed E-state index contributed by atoms with van der Waals surface area (Å²) in [6.45, 7) is 3.93. The maximum Gasteiger partial charge on any atom is 0.159 e. The molecule has 4 nitrogen and oxygen atoms in total. The van der Waals surface area contributed by atoms with E-state index >= 15 is 0 Å². The second-order valence-corrected chi connectivity index (χ2v) is 4.62. The van der Waals surface area contributed by atoms with Crippen LogP contribution in [-0.4, -0.2) is 15.0 Å². The van der Waals surface area contributed by atoms with E-state index < -0.39 is 0 Å². The topological polar surface area (TPSA) is 64.7 Å². The van der Waals surface area contributed by atoms with Gasteiger partial charge in [-0.25, -0.2) is 15.0 Å². The fourth-order valence-electron chi connectivity index (χ4n) is 1.98. The molecule has 3 aromatic rings. The Morgan fingerprint density at radius 2 is 1.79 bits per heavy atom. The van der Waals surface area contributed by atoms with E-state index in [1.165, 1.54) is 0 Å². The SMILES string of the molecule is Cc1ccc2nc(-c3ccc(N)c(C)c3)ncc2n1. The molecule has 0 atom stereocenters. The van der Waals surface area contributed by atoms with Gasteiger partial charge in [-0.05, 0) is 49.7 Å². The molecule has 0 saturated carbocycles. The van der Waals surface area contributed by atoms with Crippen LogP contribution in [-0.2, 0) is 0 Å². The van der Waals surface area contributed by atoms with Gasteiger partial charge < -0.3 is 5.73 Å². The molecule has 0 unspecified atom stereocenters. The maximum atomic E-state index is 5.82. The number of nitrogens with two attached hydrogens (primary N) is 1. The van der Waals surface area contributed by atoms with Crippen LogP contribution < -0.4 is 5.73 Å². The lowest BCUT2D eigenvalue weighted by Crippen LogP contribution is -1.94. The van der Waals surface area contributed by atoms with Gasteiger partial charge in [0.15, 0.2) is 5.82 Å². The molecule has 0 fully saturated rings. The summed E-state index contributed by atoms with van der Waals surface area (Å²) in [5, 5.41) is 0. The van der Waals surface area contributed by atoms with Crippen LogP contribution in [0.25, 0.3) is 22.4 Å². The van der Waals surface area contributed by atoms with Gasteiger partial charge in [0.2, 0.25) is 0 Å². The predicted octanol–water partition coefficient (Wildman–Crippen LogP) is 2.89. The van der Waals surface area contributed by atoms with Gasteiger partial charge in [-0.15, -0.1) is 0 Å². The summed E-state index contributed by atoms with van der Waals surface area (Å²) in [7, 11) is 0. The molecule has 0 bridgehead atoms. The molecule has 0 amide bonds. The summed E-state index contributed by atoms with van der Waals surface area (Å²) in [5.41, 5.74) is 11.2. The van der Waals surface area contributed by atoms with Crippen molar-refractivity contribution in [1.29, 1.82) is 0 Å². The smallest absolute Gasteiger partial charge is 0.159 e. The van der Waals surface area contributed by atoms with Gasteiger partial charge in [-0.1, -0.05) is 0 Å². The first-order chi connectivity index (χ1) is 9.13. The Bertz CT molecular complexity index is 765. The zero-order valence-electron chi connectivity index (χ0n) is 10.9. The number of pyridine rings is 1. The molecule has 0 spiro atoms. The summed E-state index contributed by atoms with van der Waals surface area (Å²) in [5.74, 6) is 0.696. The van der Waals surface area contributed by atoms with E-state index in [1.54, 1.807) is 6.20 Å². The number of nitrogen functional groups attached to an aromatic ring is 1. The second-order valence-electron chi connectivity index (χ2n) is 4.62. The highest BCUT2D eigenvalue weighted by molar-refractivity contribution is 5.76. The number of hydrogen-bond acceptors (Lipinski definition) is 4. The van der Waals surface area contributed by atoms with Crippen molar-refractivity contribution >= 4 is 16.7 Å². The molecule has 1 aromatic carbocycles. The molecule has 94 valence electrons. The van der Waals surface area contributed by atoms with E-state index in [0.717, 1.165) is 33.5 Å². The standard InChI is InChI=1S/C15H14N4/c1-9-7-11(4-5-12(9)16)15-17-8-14-13(19-15)6-3-10(2)18-14/h3-8H,16H2,1-2H3. The molecule has 2 N–H and O–H groups in total. The number of fused-ring (bicyclic) bond motifs is 1. The third-order valence-electron chi connectivity index (χ3n) is 3.11. The zero-order valence-corrected chi connectivity index (χ0v) is 10.9. The van der Waals surface area contributed by atoms with Gasteiger partial charge >= 0.3 is 0 Å². The van der Waals surface area contributed by atoms with Crippen LogP contribution in [0.15, 0.2) is 36.5 Å². The summed E-state index contributed by atoms with van der Waals surface area (Å²) in [4.78, 5) is 13.3. The quantitative estimate of drug-likeness (QED) is 0.674. The van der Waals surface area contributed by atoms with E-state index in [4.69, 9.17) is 5.73 Å². The van der Waals surface area contributed by atoms with Gasteiger partial charge in [0, 0.05) is 16.9 Å². The van der Waals surface area contributed by atoms with Crippen LogP contribution in [0.1, 0.15) is 11.3 Å². The third kappa shape index (κ3) is 2.12. The molecular formula is C15H14N4. The molecule has 0 aliphatic heterocycles. The Kier molecular flexibility index (Phi) is 2.63. The number of anilines is 1. The maximum absolute atomic E-state index is 5.82. The average molecular weight is 250 g/mol. The van der Waals surface area contributed by atoms with E-state index in [0.29, 0.717) is 5.82 Å². The highest BCUT2D eigenvalue weighted by Crippen LogP contribution is 2.21. The lowest BCUT2D eigenvalue weighted by atomic mass is 10.1. The first-order valence-corrected chi connectivity index (χ1v) is 6.10. The van der Waals surface area contributed by atoms with Crippen LogP contribution >= 0.6 is 0 Å². The molecule has 0 aliphatic rings. The molecule has 19 heavy (non-hydrogen) atoms. The molecule has 2 aromatic heterocycles. The number of hydrogen-bond donors (Lipinski definition) is 1. The van der Waals surface area contributed by atoms with Crippen LogP contribution in [0.2, 0.25) is 0 Å². The summed E-state index contributed by atoms with van der Waals surface area (Å²) < 4.78 is 0. The average Bonchev–Trinajstić information content (AvgIpc) is 2.41. The number of aromatic nitrogens is 3. The minimum atomic E-state index is 0.696. The summed E-state index contributed by atoms with van der Waals surface area (Å²) in [6.07, 6.45) is 1.76. The van der Waals surface area contributed by atoms with Crippen LogP contribution in [0.4, 0.5) is 5.69 Å². The van der Waals surface area contributed by atoms with Gasteiger partial charge in [-0.3, -0.25) is 0 Å². The van der Waals surface area contributed by atoms with Crippen molar-refractivity contribution in [2.45, 2.75) is 13.8 Å². The first-order valence-electron chi connectivity index (χ1n) is 6.10. The Morgan fingerprint density at radius 3 is 2.58 bits per heavy atom. The van der Waals surface area contributed by atoms with Gasteiger partial charge in [0.25, 0.3) is 0 Å². The number of aryl methyl sites for hydroxylation is 2.